The molecule has 0 aliphatic rings. The van der Waals surface area contributed by atoms with Crippen LogP contribution in [0, 0.1) is 37.0 Å². The molecule has 0 fully saturated rings. The molecule has 11 heteroatoms. The zero-order valence-corrected chi connectivity index (χ0v) is 33.6. The summed E-state index contributed by atoms with van der Waals surface area (Å²) in [5, 5.41) is 41.3. The Morgan fingerprint density at radius 2 is 1.61 bits per heavy atom. The molecule has 4 N–H and O–H groups in total. The first-order valence-corrected chi connectivity index (χ1v) is 18.8. The third kappa shape index (κ3) is 10.6. The van der Waals surface area contributed by atoms with Gasteiger partial charge in [-0.2, -0.15) is 5.26 Å². The van der Waals surface area contributed by atoms with Gasteiger partial charge in [-0.25, -0.2) is 0 Å². The number of carboxylic acids is 1. The zero-order valence-electron chi connectivity index (χ0n) is 32.8. The number of hydrogen-bond acceptors (Lipinski definition) is 9. The van der Waals surface area contributed by atoms with Crippen molar-refractivity contribution in [1.82, 2.24) is 15.2 Å². The van der Waals surface area contributed by atoms with Gasteiger partial charge in [0.25, 0.3) is 0 Å². The van der Waals surface area contributed by atoms with Crippen LogP contribution in [0.5, 0.6) is 11.5 Å². The number of benzene rings is 4. The molecule has 1 unspecified atom stereocenters. The van der Waals surface area contributed by atoms with E-state index in [2.05, 4.69) is 89.4 Å². The van der Waals surface area contributed by atoms with Gasteiger partial charge >= 0.3 is 5.97 Å². The van der Waals surface area contributed by atoms with Crippen LogP contribution >= 0.6 is 11.6 Å². The Balaban J connectivity index is 1.43. The van der Waals surface area contributed by atoms with E-state index in [0.29, 0.717) is 39.6 Å². The van der Waals surface area contributed by atoms with E-state index < -0.39 is 18.1 Å². The van der Waals surface area contributed by atoms with Gasteiger partial charge in [0.1, 0.15) is 36.3 Å². The number of nitriles is 1. The molecule has 0 saturated heterocycles. The number of nitrogens with zero attached hydrogens (tertiary/aromatic N) is 3. The Morgan fingerprint density at radius 1 is 0.895 bits per heavy atom. The maximum atomic E-state index is 11.9. The standard InChI is InChI=1S/C46H47ClN4O6/c1-30-37(11-8-13-40(30)41-14-9-12-39(31(41)2)35-15-16-36(26-51(4)5)34(19-35)10-6-7-17-52)28-57-44-21-43(56-27-33-18-32(22-48)23-49-24-33)38(20-42(44)47)25-50-46(3,29-53)45(54)55/h8-9,11-16,18-21,23-24,50,52-53H,7,17,25-29H2,1-5H3,(H,54,55). The minimum absolute atomic E-state index is 0.0210. The van der Waals surface area contributed by atoms with E-state index in [9.17, 15) is 25.4 Å². The summed E-state index contributed by atoms with van der Waals surface area (Å²) < 4.78 is 12.5. The molecule has 5 rings (SSSR count). The maximum Gasteiger partial charge on any atom is 0.326 e. The van der Waals surface area contributed by atoms with Gasteiger partial charge in [-0.1, -0.05) is 72.0 Å². The number of aromatic nitrogens is 1. The number of nitrogens with one attached hydrogen (secondary N) is 1. The van der Waals surface area contributed by atoms with Crippen LogP contribution in [0.15, 0.2) is 85.2 Å². The highest BCUT2D eigenvalue weighted by Gasteiger charge is 2.32. The van der Waals surface area contributed by atoms with Crippen LogP contribution in [0.1, 0.15) is 57.9 Å². The monoisotopic (exact) mass is 786 g/mol. The minimum atomic E-state index is -1.60. The van der Waals surface area contributed by atoms with Crippen LogP contribution in [0.4, 0.5) is 0 Å². The number of hydrogen-bond donors (Lipinski definition) is 4. The number of ether oxygens (including phenoxy) is 2. The lowest BCUT2D eigenvalue weighted by molar-refractivity contribution is -0.145. The number of aliphatic carboxylic acids is 1. The summed E-state index contributed by atoms with van der Waals surface area (Å²) in [6.45, 7) is 6.03. The minimum Gasteiger partial charge on any atom is -0.488 e. The molecule has 0 bridgehead atoms. The molecule has 10 nitrogen and oxygen atoms in total. The molecule has 1 heterocycles. The summed E-state index contributed by atoms with van der Waals surface area (Å²) >= 11 is 6.77. The number of halogens is 1. The lowest BCUT2D eigenvalue weighted by atomic mass is 9.88. The largest absolute Gasteiger partial charge is 0.488 e. The predicted octanol–water partition coefficient (Wildman–Crippen LogP) is 7.44. The van der Waals surface area contributed by atoms with Gasteiger partial charge < -0.3 is 29.7 Å². The summed E-state index contributed by atoms with van der Waals surface area (Å²) in [4.78, 5) is 18.1. The summed E-state index contributed by atoms with van der Waals surface area (Å²) in [5.41, 5.74) is 9.51. The molecule has 0 aliphatic carbocycles. The zero-order chi connectivity index (χ0) is 41.1. The van der Waals surface area contributed by atoms with Gasteiger partial charge in [-0.05, 0) is 97.6 Å². The van der Waals surface area contributed by atoms with Crippen molar-refractivity contribution in [1.29, 1.82) is 5.26 Å². The van der Waals surface area contributed by atoms with Crippen LogP contribution < -0.4 is 14.8 Å². The van der Waals surface area contributed by atoms with Crippen LogP contribution in [-0.2, 0) is 31.1 Å². The molecule has 4 aromatic carbocycles. The second kappa shape index (κ2) is 19.4. The van der Waals surface area contributed by atoms with Crippen molar-refractivity contribution < 1.29 is 29.6 Å². The number of pyridine rings is 1. The van der Waals surface area contributed by atoms with Crippen molar-refractivity contribution in [2.45, 2.75) is 59.0 Å². The number of rotatable bonds is 16. The third-order valence-corrected chi connectivity index (χ3v) is 10.0. The van der Waals surface area contributed by atoms with Crippen molar-refractivity contribution in [2.24, 2.45) is 0 Å². The molecule has 1 aromatic heterocycles. The quantitative estimate of drug-likeness (QED) is 0.0745. The van der Waals surface area contributed by atoms with Crippen molar-refractivity contribution in [3.05, 3.63) is 135 Å². The first kappa shape index (κ1) is 42.4. The van der Waals surface area contributed by atoms with Gasteiger partial charge in [0, 0.05) is 54.7 Å². The smallest absolute Gasteiger partial charge is 0.326 e. The van der Waals surface area contributed by atoms with Crippen LogP contribution in [0.25, 0.3) is 22.3 Å². The van der Waals surface area contributed by atoms with E-state index >= 15 is 0 Å². The maximum absolute atomic E-state index is 11.9. The topological polar surface area (TPSA) is 148 Å². The lowest BCUT2D eigenvalue weighted by Crippen LogP contribution is -2.52. The third-order valence-electron chi connectivity index (χ3n) is 9.71. The van der Waals surface area contributed by atoms with Crippen molar-refractivity contribution >= 4 is 17.6 Å². The van der Waals surface area contributed by atoms with Crippen LogP contribution in [-0.4, -0.2) is 64.0 Å². The molecule has 294 valence electrons. The number of aliphatic hydroxyl groups excluding tert-OH is 2. The van der Waals surface area contributed by atoms with Crippen LogP contribution in [0.2, 0.25) is 5.02 Å². The van der Waals surface area contributed by atoms with E-state index in [1.807, 2.05) is 26.2 Å². The molecule has 57 heavy (non-hydrogen) atoms. The molecule has 0 radical (unpaired) electrons. The van der Waals surface area contributed by atoms with Gasteiger partial charge in [0.2, 0.25) is 0 Å². The molecule has 5 aromatic rings. The van der Waals surface area contributed by atoms with Crippen LogP contribution in [0.3, 0.4) is 0 Å². The Morgan fingerprint density at radius 3 is 2.32 bits per heavy atom. The van der Waals surface area contributed by atoms with Gasteiger partial charge in [-0.15, -0.1) is 0 Å². The van der Waals surface area contributed by atoms with Crippen molar-refractivity contribution in [3.8, 4) is 51.7 Å². The van der Waals surface area contributed by atoms with E-state index in [4.69, 9.17) is 21.1 Å². The first-order valence-electron chi connectivity index (χ1n) is 18.4. The second-order valence-electron chi connectivity index (χ2n) is 14.3. The molecule has 0 spiro atoms. The number of aliphatic hydroxyl groups is 2. The van der Waals surface area contributed by atoms with E-state index in [-0.39, 0.29) is 26.4 Å². The summed E-state index contributed by atoms with van der Waals surface area (Å²) in [7, 11) is 4.06. The average molecular weight is 787 g/mol. The normalized spacial score (nSPS) is 12.0. The average Bonchev–Trinajstić information content (AvgIpc) is 3.20. The Bertz CT molecular complexity index is 2340. The van der Waals surface area contributed by atoms with E-state index in [0.717, 1.165) is 56.6 Å². The van der Waals surface area contributed by atoms with Gasteiger partial charge in [0.15, 0.2) is 0 Å². The highest BCUT2D eigenvalue weighted by molar-refractivity contribution is 6.32. The van der Waals surface area contributed by atoms with Crippen molar-refractivity contribution in [2.75, 3.05) is 27.3 Å². The van der Waals surface area contributed by atoms with E-state index in [1.54, 1.807) is 24.4 Å². The highest BCUT2D eigenvalue weighted by Crippen LogP contribution is 2.37. The summed E-state index contributed by atoms with van der Waals surface area (Å²) in [6, 6.07) is 25.9. The summed E-state index contributed by atoms with van der Waals surface area (Å²) in [6.07, 6.45) is 3.48. The Kier molecular flexibility index (Phi) is 14.5. The molecule has 1 atom stereocenters. The molecule has 0 aliphatic heterocycles. The lowest BCUT2D eigenvalue weighted by Gasteiger charge is -2.25. The first-order chi connectivity index (χ1) is 27.4. The molecule has 0 saturated carbocycles. The fraction of sp³-hybridized carbons (Fsp3) is 0.283. The van der Waals surface area contributed by atoms with Gasteiger partial charge in [-0.3, -0.25) is 15.1 Å². The number of carboxylic acid groups (broad SMARTS) is 1. The molecular formula is C46H47ClN4O6. The molecule has 0 amide bonds. The predicted molar refractivity (Wildman–Crippen MR) is 222 cm³/mol. The number of carbonyl (C=O) groups is 1. The second-order valence-corrected chi connectivity index (χ2v) is 14.7. The highest BCUT2D eigenvalue weighted by atomic mass is 35.5. The Hall–Kier alpha value is -5.72. The Labute approximate surface area is 339 Å². The van der Waals surface area contributed by atoms with Gasteiger partial charge in [0.05, 0.1) is 23.8 Å². The fourth-order valence-electron chi connectivity index (χ4n) is 6.32. The molecular weight excluding hydrogens is 740 g/mol. The SMILES string of the molecule is Cc1c(COc2cc(OCc3cncc(C#N)c3)c(CNC(C)(CO)C(=O)O)cc2Cl)cccc1-c1cccc(-c2ccc(CN(C)C)c(C#CCCO)c2)c1C. The van der Waals surface area contributed by atoms with E-state index in [1.165, 1.54) is 13.1 Å². The van der Waals surface area contributed by atoms with Crippen molar-refractivity contribution in [3.63, 3.8) is 0 Å². The fourth-order valence-corrected chi connectivity index (χ4v) is 6.56. The summed E-state index contributed by atoms with van der Waals surface area (Å²) in [5.74, 6) is 5.89.